The smallest absolute Gasteiger partial charge is 0.246 e. The van der Waals surface area contributed by atoms with Crippen molar-refractivity contribution in [1.29, 1.82) is 0 Å². The molecule has 0 bridgehead atoms. The monoisotopic (exact) mass is 418 g/mol. The number of sulfonamides is 1. The van der Waals surface area contributed by atoms with Gasteiger partial charge in [-0.05, 0) is 19.8 Å². The first-order chi connectivity index (χ1) is 14.0. The molecule has 0 unspecified atom stereocenters. The second-order valence-corrected chi connectivity index (χ2v) is 10.0. The molecule has 1 saturated carbocycles. The second-order valence-electron chi connectivity index (χ2n) is 8.07. The predicted molar refractivity (Wildman–Crippen MR) is 105 cm³/mol. The maximum atomic E-state index is 13.0. The van der Waals surface area contributed by atoms with Crippen LogP contribution >= 0.6 is 0 Å². The molecule has 0 amide bonds. The number of fused-ring (bicyclic) bond motifs is 1. The Bertz CT molecular complexity index is 972. The number of aromatic nitrogens is 4. The Labute approximate surface area is 170 Å². The van der Waals surface area contributed by atoms with E-state index in [1.807, 2.05) is 13.1 Å². The van der Waals surface area contributed by atoms with Crippen molar-refractivity contribution in [2.75, 3.05) is 26.2 Å². The topological polar surface area (TPSA) is 93.5 Å². The van der Waals surface area contributed by atoms with Gasteiger partial charge in [-0.1, -0.05) is 0 Å². The third-order valence-electron chi connectivity index (χ3n) is 6.04. The van der Waals surface area contributed by atoms with Crippen LogP contribution in [0.15, 0.2) is 29.7 Å². The van der Waals surface area contributed by atoms with Crippen LogP contribution < -0.4 is 4.74 Å². The first-order valence-corrected chi connectivity index (χ1v) is 11.7. The molecule has 0 radical (unpaired) electrons. The van der Waals surface area contributed by atoms with E-state index in [9.17, 15) is 8.42 Å². The molecule has 5 rings (SSSR count). The van der Waals surface area contributed by atoms with E-state index in [0.717, 1.165) is 18.7 Å². The second kappa shape index (κ2) is 7.33. The Kier molecular flexibility index (Phi) is 4.79. The van der Waals surface area contributed by atoms with Gasteiger partial charge in [0.25, 0.3) is 0 Å². The zero-order chi connectivity index (χ0) is 20.0. The van der Waals surface area contributed by atoms with E-state index in [-0.39, 0.29) is 17.0 Å². The van der Waals surface area contributed by atoms with Crippen LogP contribution in [0.2, 0.25) is 0 Å². The summed E-state index contributed by atoms with van der Waals surface area (Å²) in [6.07, 6.45) is 9.77. The van der Waals surface area contributed by atoms with Gasteiger partial charge in [0.2, 0.25) is 15.9 Å². The number of nitrogens with zero attached hydrogens (tertiary/aromatic N) is 6. The molecule has 3 fully saturated rings. The van der Waals surface area contributed by atoms with Crippen LogP contribution in [0.1, 0.15) is 37.8 Å². The van der Waals surface area contributed by atoms with Gasteiger partial charge >= 0.3 is 0 Å². The minimum Gasteiger partial charge on any atom is -0.472 e. The van der Waals surface area contributed by atoms with Crippen molar-refractivity contribution in [1.82, 2.24) is 29.0 Å². The van der Waals surface area contributed by atoms with Crippen molar-refractivity contribution in [3.8, 4) is 5.88 Å². The summed E-state index contributed by atoms with van der Waals surface area (Å²) in [6, 6.07) is 0.156. The van der Waals surface area contributed by atoms with E-state index in [4.69, 9.17) is 4.74 Å². The average molecular weight is 419 g/mol. The van der Waals surface area contributed by atoms with Crippen molar-refractivity contribution in [3.05, 3.63) is 30.5 Å². The third-order valence-corrected chi connectivity index (χ3v) is 7.86. The van der Waals surface area contributed by atoms with Gasteiger partial charge < -0.3 is 4.74 Å². The number of ether oxygens (including phenoxy) is 1. The van der Waals surface area contributed by atoms with Gasteiger partial charge in [-0.3, -0.25) is 14.6 Å². The first-order valence-electron chi connectivity index (χ1n) is 10.3. The standard InChI is InChI=1S/C19H26N6O3S/c1-2-24-13-17(8-22-24)29(26,27)25-6-5-23-12-16(7-15(23)11-25)28-19-10-20-18(9-21-19)14-3-4-14/h8-10,13-16H,2-7,11-12H2,1H3/t15-,16-/m0/s1. The Morgan fingerprint density at radius 3 is 2.69 bits per heavy atom. The van der Waals surface area contributed by atoms with Gasteiger partial charge in [0.05, 0.1) is 24.3 Å². The maximum absolute atomic E-state index is 13.0. The Morgan fingerprint density at radius 2 is 2.00 bits per heavy atom. The molecule has 9 nitrogen and oxygen atoms in total. The molecule has 2 aliphatic heterocycles. The van der Waals surface area contributed by atoms with E-state index < -0.39 is 10.0 Å². The van der Waals surface area contributed by atoms with E-state index >= 15 is 0 Å². The summed E-state index contributed by atoms with van der Waals surface area (Å²) in [5, 5.41) is 4.11. The molecular formula is C19H26N6O3S. The molecule has 1 aliphatic carbocycles. The number of piperazine rings is 1. The van der Waals surface area contributed by atoms with Crippen LogP contribution in [-0.4, -0.2) is 75.7 Å². The largest absolute Gasteiger partial charge is 0.472 e. The third kappa shape index (κ3) is 3.76. The van der Waals surface area contributed by atoms with Crippen molar-refractivity contribution >= 4 is 10.0 Å². The lowest BCUT2D eigenvalue weighted by atomic mass is 10.2. The molecule has 2 atom stereocenters. The highest BCUT2D eigenvalue weighted by Crippen LogP contribution is 2.38. The highest BCUT2D eigenvalue weighted by Gasteiger charge is 2.41. The molecule has 0 spiro atoms. The highest BCUT2D eigenvalue weighted by molar-refractivity contribution is 7.89. The van der Waals surface area contributed by atoms with Gasteiger partial charge in [0, 0.05) is 57.3 Å². The van der Waals surface area contributed by atoms with Gasteiger partial charge in [-0.25, -0.2) is 13.4 Å². The summed E-state index contributed by atoms with van der Waals surface area (Å²) in [7, 11) is -3.51. The van der Waals surface area contributed by atoms with Crippen LogP contribution in [0.3, 0.4) is 0 Å². The predicted octanol–water partition coefficient (Wildman–Crippen LogP) is 1.10. The van der Waals surface area contributed by atoms with Crippen molar-refractivity contribution in [2.24, 2.45) is 0 Å². The Hall–Kier alpha value is -2.04. The SMILES string of the molecule is CCn1cc(S(=O)(=O)N2CCN3C[C@@H](Oc4cnc(C5CC5)cn4)C[C@H]3C2)cn1. The molecule has 10 heteroatoms. The zero-order valence-electron chi connectivity index (χ0n) is 16.5. The van der Waals surface area contributed by atoms with Crippen molar-refractivity contribution < 1.29 is 13.2 Å². The zero-order valence-corrected chi connectivity index (χ0v) is 17.3. The summed E-state index contributed by atoms with van der Waals surface area (Å²) < 4.78 is 35.2. The van der Waals surface area contributed by atoms with Crippen molar-refractivity contribution in [2.45, 2.75) is 55.7 Å². The van der Waals surface area contributed by atoms with Crippen molar-refractivity contribution in [3.63, 3.8) is 0 Å². The number of hydrogen-bond donors (Lipinski definition) is 0. The molecule has 2 saturated heterocycles. The summed E-state index contributed by atoms with van der Waals surface area (Å²) in [4.78, 5) is 11.5. The van der Waals surface area contributed by atoms with Crippen LogP contribution in [0, 0.1) is 0 Å². The summed E-state index contributed by atoms with van der Waals surface area (Å²) >= 11 is 0. The Morgan fingerprint density at radius 1 is 1.14 bits per heavy atom. The average Bonchev–Trinajstić information content (AvgIpc) is 3.31. The van der Waals surface area contributed by atoms with Crippen LogP contribution in [0.5, 0.6) is 5.88 Å². The van der Waals surface area contributed by atoms with Gasteiger partial charge in [0.15, 0.2) is 0 Å². The van der Waals surface area contributed by atoms with E-state index in [1.54, 1.807) is 21.4 Å². The van der Waals surface area contributed by atoms with E-state index in [2.05, 4.69) is 20.0 Å². The lowest BCUT2D eigenvalue weighted by molar-refractivity contribution is 0.151. The van der Waals surface area contributed by atoms with Crippen LogP contribution in [0.25, 0.3) is 0 Å². The minimum atomic E-state index is -3.51. The fourth-order valence-corrected chi connectivity index (χ4v) is 5.64. The molecule has 2 aromatic rings. The molecule has 156 valence electrons. The molecule has 29 heavy (non-hydrogen) atoms. The fourth-order valence-electron chi connectivity index (χ4n) is 4.22. The van der Waals surface area contributed by atoms with E-state index in [1.165, 1.54) is 19.0 Å². The molecular weight excluding hydrogens is 392 g/mol. The normalized spacial score (nSPS) is 25.8. The first kappa shape index (κ1) is 19.0. The van der Waals surface area contributed by atoms with Gasteiger partial charge in [-0.15, -0.1) is 0 Å². The van der Waals surface area contributed by atoms with Crippen LogP contribution in [0.4, 0.5) is 0 Å². The summed E-state index contributed by atoms with van der Waals surface area (Å²) in [5.74, 6) is 1.13. The maximum Gasteiger partial charge on any atom is 0.246 e. The van der Waals surface area contributed by atoms with Crippen LogP contribution in [-0.2, 0) is 16.6 Å². The highest BCUT2D eigenvalue weighted by atomic mass is 32.2. The lowest BCUT2D eigenvalue weighted by Gasteiger charge is -2.36. The fraction of sp³-hybridized carbons (Fsp3) is 0.632. The van der Waals surface area contributed by atoms with Gasteiger partial charge in [0.1, 0.15) is 11.0 Å². The van der Waals surface area contributed by atoms with E-state index in [0.29, 0.717) is 38.0 Å². The molecule has 2 aromatic heterocycles. The number of aryl methyl sites for hydroxylation is 1. The quantitative estimate of drug-likeness (QED) is 0.693. The minimum absolute atomic E-state index is 0.00608. The number of hydrogen-bond acceptors (Lipinski definition) is 7. The van der Waals surface area contributed by atoms with Gasteiger partial charge in [-0.2, -0.15) is 9.40 Å². The molecule has 0 N–H and O–H groups in total. The molecule has 0 aromatic carbocycles. The number of rotatable bonds is 6. The summed E-state index contributed by atoms with van der Waals surface area (Å²) in [5.41, 5.74) is 1.05. The lowest BCUT2D eigenvalue weighted by Crippen LogP contribution is -2.51. The Balaban J connectivity index is 1.22. The molecule has 4 heterocycles. The summed E-state index contributed by atoms with van der Waals surface area (Å²) in [6.45, 7) is 5.04. The molecule has 3 aliphatic rings.